The predicted molar refractivity (Wildman–Crippen MR) is 87.6 cm³/mol. The maximum Gasteiger partial charge on any atom is 0.255 e. The second-order valence-corrected chi connectivity index (χ2v) is 6.17. The molecular formula is C16H20FN3OS. The van der Waals surface area contributed by atoms with Crippen LogP contribution in [0.3, 0.4) is 0 Å². The third-order valence-electron chi connectivity index (χ3n) is 3.48. The average Bonchev–Trinajstić information content (AvgIpc) is 2.73. The Labute approximate surface area is 134 Å². The molecule has 0 saturated heterocycles. The SMILES string of the molecule is Cc1nn(C)c(C)c1C(=O)NCCSCc1ccccc1F. The zero-order chi connectivity index (χ0) is 16.1. The molecule has 2 rings (SSSR count). The molecule has 0 radical (unpaired) electrons. The molecular weight excluding hydrogens is 301 g/mol. The number of nitrogens with zero attached hydrogens (tertiary/aromatic N) is 2. The maximum atomic E-state index is 13.4. The summed E-state index contributed by atoms with van der Waals surface area (Å²) in [5, 5.41) is 7.12. The first kappa shape index (κ1) is 16.5. The molecule has 1 aromatic carbocycles. The van der Waals surface area contributed by atoms with Gasteiger partial charge in [-0.05, 0) is 25.5 Å². The first-order valence-electron chi connectivity index (χ1n) is 7.10. The topological polar surface area (TPSA) is 46.9 Å². The van der Waals surface area contributed by atoms with E-state index in [1.54, 1.807) is 28.6 Å². The van der Waals surface area contributed by atoms with Crippen LogP contribution in [0.1, 0.15) is 27.3 Å². The van der Waals surface area contributed by atoms with E-state index in [9.17, 15) is 9.18 Å². The van der Waals surface area contributed by atoms with E-state index < -0.39 is 0 Å². The van der Waals surface area contributed by atoms with Gasteiger partial charge >= 0.3 is 0 Å². The van der Waals surface area contributed by atoms with Crippen LogP contribution in [-0.4, -0.2) is 28.0 Å². The molecule has 22 heavy (non-hydrogen) atoms. The molecule has 0 unspecified atom stereocenters. The van der Waals surface area contributed by atoms with Crippen LogP contribution in [0, 0.1) is 19.7 Å². The number of carbonyl (C=O) groups is 1. The Balaban J connectivity index is 1.77. The molecule has 0 saturated carbocycles. The highest BCUT2D eigenvalue weighted by Gasteiger charge is 2.16. The second-order valence-electron chi connectivity index (χ2n) is 5.07. The van der Waals surface area contributed by atoms with Gasteiger partial charge in [-0.25, -0.2) is 4.39 Å². The Bertz CT molecular complexity index is 669. The highest BCUT2D eigenvalue weighted by molar-refractivity contribution is 7.98. The van der Waals surface area contributed by atoms with Crippen molar-refractivity contribution in [2.24, 2.45) is 7.05 Å². The molecule has 6 heteroatoms. The molecule has 1 aromatic heterocycles. The zero-order valence-corrected chi connectivity index (χ0v) is 13.8. The molecule has 0 spiro atoms. The molecule has 1 N–H and O–H groups in total. The van der Waals surface area contributed by atoms with Crippen LogP contribution in [-0.2, 0) is 12.8 Å². The summed E-state index contributed by atoms with van der Waals surface area (Å²) in [5.41, 5.74) is 2.92. The van der Waals surface area contributed by atoms with Gasteiger partial charge in [0, 0.05) is 30.8 Å². The van der Waals surface area contributed by atoms with Crippen molar-refractivity contribution in [3.63, 3.8) is 0 Å². The van der Waals surface area contributed by atoms with Gasteiger partial charge in [-0.2, -0.15) is 16.9 Å². The van der Waals surface area contributed by atoms with Crippen LogP contribution in [0.25, 0.3) is 0 Å². The highest BCUT2D eigenvalue weighted by atomic mass is 32.2. The summed E-state index contributed by atoms with van der Waals surface area (Å²) < 4.78 is 15.2. The fourth-order valence-corrected chi connectivity index (χ4v) is 3.07. The van der Waals surface area contributed by atoms with Crippen molar-refractivity contribution in [3.05, 3.63) is 52.6 Å². The molecule has 4 nitrogen and oxygen atoms in total. The van der Waals surface area contributed by atoms with Gasteiger partial charge in [0.25, 0.3) is 5.91 Å². The standard InChI is InChI=1S/C16H20FN3OS/c1-11-15(12(2)20(3)19-11)16(21)18-8-9-22-10-13-6-4-5-7-14(13)17/h4-7H,8-10H2,1-3H3,(H,18,21). The van der Waals surface area contributed by atoms with Crippen molar-refractivity contribution >= 4 is 17.7 Å². The first-order chi connectivity index (χ1) is 10.5. The minimum absolute atomic E-state index is 0.102. The number of benzene rings is 1. The van der Waals surface area contributed by atoms with Gasteiger partial charge in [-0.3, -0.25) is 9.48 Å². The number of thioether (sulfide) groups is 1. The van der Waals surface area contributed by atoms with E-state index in [1.165, 1.54) is 6.07 Å². The summed E-state index contributed by atoms with van der Waals surface area (Å²) in [4.78, 5) is 12.2. The molecule has 0 bridgehead atoms. The minimum atomic E-state index is -0.180. The lowest BCUT2D eigenvalue weighted by molar-refractivity contribution is 0.0955. The Hall–Kier alpha value is -1.82. The van der Waals surface area contributed by atoms with E-state index in [0.29, 0.717) is 23.4 Å². The molecule has 0 aliphatic carbocycles. The molecule has 0 atom stereocenters. The summed E-state index contributed by atoms with van der Waals surface area (Å²) in [5.74, 6) is 1.06. The van der Waals surface area contributed by atoms with E-state index in [2.05, 4.69) is 10.4 Å². The number of aryl methyl sites for hydroxylation is 2. The summed E-state index contributed by atoms with van der Waals surface area (Å²) in [6, 6.07) is 6.76. The predicted octanol–water partition coefficient (Wildman–Crippen LogP) is 2.84. The molecule has 0 aliphatic heterocycles. The number of amides is 1. The number of nitrogens with one attached hydrogen (secondary N) is 1. The summed E-state index contributed by atoms with van der Waals surface area (Å²) in [6.07, 6.45) is 0. The lowest BCUT2D eigenvalue weighted by atomic mass is 10.2. The molecule has 1 amide bonds. The van der Waals surface area contributed by atoms with Crippen LogP contribution in [0.4, 0.5) is 4.39 Å². The Morgan fingerprint density at radius 2 is 2.09 bits per heavy atom. The van der Waals surface area contributed by atoms with Crippen molar-refractivity contribution in [2.45, 2.75) is 19.6 Å². The van der Waals surface area contributed by atoms with Gasteiger partial charge in [0.05, 0.1) is 11.3 Å². The van der Waals surface area contributed by atoms with Crippen molar-refractivity contribution in [1.82, 2.24) is 15.1 Å². The first-order valence-corrected chi connectivity index (χ1v) is 8.25. The maximum absolute atomic E-state index is 13.4. The Morgan fingerprint density at radius 3 is 2.73 bits per heavy atom. The fourth-order valence-electron chi connectivity index (χ4n) is 2.22. The zero-order valence-electron chi connectivity index (χ0n) is 13.0. The van der Waals surface area contributed by atoms with Gasteiger partial charge in [0.1, 0.15) is 5.82 Å². The lowest BCUT2D eigenvalue weighted by Gasteiger charge is -2.06. The molecule has 2 aromatic rings. The third kappa shape index (κ3) is 3.88. The van der Waals surface area contributed by atoms with Gasteiger partial charge in [0.2, 0.25) is 0 Å². The number of halogens is 1. The van der Waals surface area contributed by atoms with E-state index in [1.807, 2.05) is 27.0 Å². The van der Waals surface area contributed by atoms with E-state index >= 15 is 0 Å². The molecule has 0 fully saturated rings. The normalized spacial score (nSPS) is 10.7. The van der Waals surface area contributed by atoms with Crippen molar-refractivity contribution in [1.29, 1.82) is 0 Å². The summed E-state index contributed by atoms with van der Waals surface area (Å²) in [7, 11) is 1.82. The molecule has 1 heterocycles. The lowest BCUT2D eigenvalue weighted by Crippen LogP contribution is -2.26. The average molecular weight is 321 g/mol. The molecule has 0 aliphatic rings. The minimum Gasteiger partial charge on any atom is -0.351 e. The largest absolute Gasteiger partial charge is 0.351 e. The van der Waals surface area contributed by atoms with Crippen LogP contribution in [0.15, 0.2) is 24.3 Å². The summed E-state index contributed by atoms with van der Waals surface area (Å²) in [6.45, 7) is 4.25. The van der Waals surface area contributed by atoms with Gasteiger partial charge < -0.3 is 5.32 Å². The number of aromatic nitrogens is 2. The number of hydrogen-bond donors (Lipinski definition) is 1. The van der Waals surface area contributed by atoms with E-state index in [4.69, 9.17) is 0 Å². The number of hydrogen-bond acceptors (Lipinski definition) is 3. The smallest absolute Gasteiger partial charge is 0.255 e. The second kappa shape index (κ2) is 7.45. The number of carbonyl (C=O) groups excluding carboxylic acids is 1. The summed E-state index contributed by atoms with van der Waals surface area (Å²) >= 11 is 1.60. The number of rotatable bonds is 6. The molecule has 118 valence electrons. The van der Waals surface area contributed by atoms with Crippen molar-refractivity contribution < 1.29 is 9.18 Å². The van der Waals surface area contributed by atoms with Gasteiger partial charge in [-0.15, -0.1) is 0 Å². The van der Waals surface area contributed by atoms with Crippen LogP contribution < -0.4 is 5.32 Å². The van der Waals surface area contributed by atoms with Crippen LogP contribution >= 0.6 is 11.8 Å². The van der Waals surface area contributed by atoms with E-state index in [0.717, 1.165) is 17.1 Å². The van der Waals surface area contributed by atoms with Crippen LogP contribution in [0.5, 0.6) is 0 Å². The van der Waals surface area contributed by atoms with Crippen molar-refractivity contribution in [3.8, 4) is 0 Å². The fraction of sp³-hybridized carbons (Fsp3) is 0.375. The quantitative estimate of drug-likeness (QED) is 0.832. The van der Waals surface area contributed by atoms with Gasteiger partial charge in [0.15, 0.2) is 0 Å². The monoisotopic (exact) mass is 321 g/mol. The van der Waals surface area contributed by atoms with E-state index in [-0.39, 0.29) is 11.7 Å². The van der Waals surface area contributed by atoms with Crippen LogP contribution in [0.2, 0.25) is 0 Å². The van der Waals surface area contributed by atoms with Crippen molar-refractivity contribution in [2.75, 3.05) is 12.3 Å². The van der Waals surface area contributed by atoms with Gasteiger partial charge in [-0.1, -0.05) is 18.2 Å². The Kier molecular flexibility index (Phi) is 5.60. The highest BCUT2D eigenvalue weighted by Crippen LogP contribution is 2.15. The third-order valence-corrected chi connectivity index (χ3v) is 4.49. The Morgan fingerprint density at radius 1 is 1.36 bits per heavy atom.